The molecule has 0 amide bonds. The van der Waals surface area contributed by atoms with Gasteiger partial charge in [0.1, 0.15) is 17.4 Å². The lowest BCUT2D eigenvalue weighted by molar-refractivity contribution is 0.447. The van der Waals surface area contributed by atoms with Gasteiger partial charge < -0.3 is 4.74 Å². The van der Waals surface area contributed by atoms with Crippen molar-refractivity contribution in [1.82, 2.24) is 4.98 Å². The van der Waals surface area contributed by atoms with E-state index in [2.05, 4.69) is 20.9 Å². The number of ether oxygens (including phenoxy) is 1. The van der Waals surface area contributed by atoms with Gasteiger partial charge in [-0.2, -0.15) is 0 Å². The quantitative estimate of drug-likeness (QED) is 0.762. The first-order chi connectivity index (χ1) is 8.58. The summed E-state index contributed by atoms with van der Waals surface area (Å²) in [6, 6.07) is 4.64. The lowest BCUT2D eigenvalue weighted by Gasteiger charge is -2.08. The molecule has 0 spiro atoms. The third-order valence-electron chi connectivity index (χ3n) is 2.09. The van der Waals surface area contributed by atoms with Crippen molar-refractivity contribution in [2.24, 2.45) is 0 Å². The molecule has 0 saturated heterocycles. The Hall–Kier alpha value is -1.20. The Bertz CT molecular complexity index is 560. The molecule has 0 N–H and O–H groups in total. The van der Waals surface area contributed by atoms with Crippen LogP contribution in [0.5, 0.6) is 11.6 Å². The summed E-state index contributed by atoms with van der Waals surface area (Å²) >= 11 is 8.99. The molecule has 94 valence electrons. The molecule has 2 rings (SSSR count). The SMILES string of the molecule is Fc1cc(F)cc(Oc2ncc(Br)cc2CCl)c1. The number of hydrogen-bond donors (Lipinski definition) is 0. The molecule has 0 aliphatic heterocycles. The van der Waals surface area contributed by atoms with Crippen molar-refractivity contribution in [3.8, 4) is 11.6 Å². The molecule has 0 aliphatic carbocycles. The van der Waals surface area contributed by atoms with Crippen LogP contribution in [0.1, 0.15) is 5.56 Å². The molecule has 1 heterocycles. The summed E-state index contributed by atoms with van der Waals surface area (Å²) < 4.78 is 32.1. The third kappa shape index (κ3) is 3.17. The number of halogens is 4. The summed E-state index contributed by atoms with van der Waals surface area (Å²) in [6.07, 6.45) is 1.51. The molecule has 1 aromatic heterocycles. The lowest BCUT2D eigenvalue weighted by Crippen LogP contribution is -1.94. The number of nitrogens with zero attached hydrogens (tertiary/aromatic N) is 1. The van der Waals surface area contributed by atoms with E-state index in [1.165, 1.54) is 6.20 Å². The average Bonchev–Trinajstić information content (AvgIpc) is 2.30. The number of alkyl halides is 1. The highest BCUT2D eigenvalue weighted by Gasteiger charge is 2.08. The van der Waals surface area contributed by atoms with Gasteiger partial charge in [0.05, 0.1) is 5.88 Å². The summed E-state index contributed by atoms with van der Waals surface area (Å²) in [5.74, 6) is -0.990. The van der Waals surface area contributed by atoms with Crippen LogP contribution >= 0.6 is 27.5 Å². The van der Waals surface area contributed by atoms with E-state index in [0.29, 0.717) is 5.56 Å². The minimum absolute atomic E-state index is 0.0358. The highest BCUT2D eigenvalue weighted by molar-refractivity contribution is 9.10. The monoisotopic (exact) mass is 333 g/mol. The molecule has 0 atom stereocenters. The van der Waals surface area contributed by atoms with Gasteiger partial charge in [0.2, 0.25) is 5.88 Å². The van der Waals surface area contributed by atoms with E-state index in [1.54, 1.807) is 6.07 Å². The molecule has 0 fully saturated rings. The number of pyridine rings is 1. The minimum atomic E-state index is -0.713. The second-order valence-corrected chi connectivity index (χ2v) is 4.64. The van der Waals surface area contributed by atoms with Crippen LogP contribution < -0.4 is 4.74 Å². The number of benzene rings is 1. The van der Waals surface area contributed by atoms with Crippen molar-refractivity contribution in [3.63, 3.8) is 0 Å². The molecule has 0 unspecified atom stereocenters. The molecular weight excluding hydrogens is 327 g/mol. The molecule has 0 saturated carbocycles. The van der Waals surface area contributed by atoms with Crippen molar-refractivity contribution in [2.45, 2.75) is 5.88 Å². The zero-order chi connectivity index (χ0) is 13.1. The van der Waals surface area contributed by atoms with Crippen LogP contribution in [0.3, 0.4) is 0 Å². The van der Waals surface area contributed by atoms with Crippen LogP contribution in [0.4, 0.5) is 8.78 Å². The van der Waals surface area contributed by atoms with Gasteiger partial charge in [-0.05, 0) is 22.0 Å². The van der Waals surface area contributed by atoms with Crippen LogP contribution in [-0.2, 0) is 5.88 Å². The first-order valence-corrected chi connectivity index (χ1v) is 6.25. The van der Waals surface area contributed by atoms with E-state index in [-0.39, 0.29) is 17.5 Å². The van der Waals surface area contributed by atoms with Gasteiger partial charge in [-0.15, -0.1) is 11.6 Å². The van der Waals surface area contributed by atoms with Gasteiger partial charge in [0, 0.05) is 34.4 Å². The molecule has 2 aromatic rings. The fourth-order valence-electron chi connectivity index (χ4n) is 1.36. The van der Waals surface area contributed by atoms with Crippen LogP contribution in [0.25, 0.3) is 0 Å². The first-order valence-electron chi connectivity index (χ1n) is 4.93. The zero-order valence-electron chi connectivity index (χ0n) is 8.96. The van der Waals surface area contributed by atoms with E-state index in [9.17, 15) is 8.78 Å². The molecule has 0 bridgehead atoms. The summed E-state index contributed by atoms with van der Waals surface area (Å²) in [5.41, 5.74) is 0.621. The smallest absolute Gasteiger partial charge is 0.223 e. The van der Waals surface area contributed by atoms with Gasteiger partial charge in [0.15, 0.2) is 0 Å². The van der Waals surface area contributed by atoms with Crippen molar-refractivity contribution < 1.29 is 13.5 Å². The Morgan fingerprint density at radius 1 is 1.17 bits per heavy atom. The van der Waals surface area contributed by atoms with Crippen LogP contribution in [0, 0.1) is 11.6 Å². The molecule has 2 nitrogen and oxygen atoms in total. The molecule has 6 heteroatoms. The molecule has 0 radical (unpaired) electrons. The van der Waals surface area contributed by atoms with Crippen molar-refractivity contribution in [1.29, 1.82) is 0 Å². The van der Waals surface area contributed by atoms with Gasteiger partial charge >= 0.3 is 0 Å². The fourth-order valence-corrected chi connectivity index (χ4v) is 1.93. The summed E-state index contributed by atoms with van der Waals surface area (Å²) in [5, 5.41) is 0. The van der Waals surface area contributed by atoms with Gasteiger partial charge in [0.25, 0.3) is 0 Å². The third-order valence-corrected chi connectivity index (χ3v) is 2.81. The Labute approximate surface area is 116 Å². The Morgan fingerprint density at radius 2 is 1.83 bits per heavy atom. The van der Waals surface area contributed by atoms with E-state index < -0.39 is 11.6 Å². The first kappa shape index (κ1) is 13.2. The fraction of sp³-hybridized carbons (Fsp3) is 0.0833. The highest BCUT2D eigenvalue weighted by Crippen LogP contribution is 2.27. The zero-order valence-corrected chi connectivity index (χ0v) is 11.3. The average molecular weight is 335 g/mol. The minimum Gasteiger partial charge on any atom is -0.438 e. The second-order valence-electron chi connectivity index (χ2n) is 3.46. The largest absolute Gasteiger partial charge is 0.438 e. The molecular formula is C12H7BrClF2NO. The van der Waals surface area contributed by atoms with Crippen LogP contribution in [0.2, 0.25) is 0 Å². The van der Waals surface area contributed by atoms with Crippen molar-refractivity contribution in [2.75, 3.05) is 0 Å². The molecule has 18 heavy (non-hydrogen) atoms. The van der Waals surface area contributed by atoms with Crippen LogP contribution in [-0.4, -0.2) is 4.98 Å². The summed E-state index contributed by atoms with van der Waals surface area (Å²) in [6.45, 7) is 0. The van der Waals surface area contributed by atoms with Gasteiger partial charge in [-0.3, -0.25) is 0 Å². The van der Waals surface area contributed by atoms with E-state index in [1.807, 2.05) is 0 Å². The number of aromatic nitrogens is 1. The summed E-state index contributed by atoms with van der Waals surface area (Å²) in [7, 11) is 0. The normalized spacial score (nSPS) is 10.4. The Kier molecular flexibility index (Phi) is 4.14. The van der Waals surface area contributed by atoms with E-state index in [0.717, 1.165) is 22.7 Å². The molecule has 0 aliphatic rings. The second kappa shape index (κ2) is 5.63. The predicted molar refractivity (Wildman–Crippen MR) is 67.9 cm³/mol. The van der Waals surface area contributed by atoms with Crippen LogP contribution in [0.15, 0.2) is 34.9 Å². The maximum atomic E-state index is 13.0. The summed E-state index contributed by atoms with van der Waals surface area (Å²) in [4.78, 5) is 4.01. The molecule has 1 aromatic carbocycles. The Balaban J connectivity index is 2.33. The van der Waals surface area contributed by atoms with Crippen molar-refractivity contribution >= 4 is 27.5 Å². The predicted octanol–water partition coefficient (Wildman–Crippen LogP) is 4.65. The van der Waals surface area contributed by atoms with Crippen molar-refractivity contribution in [3.05, 3.63) is 52.1 Å². The Morgan fingerprint density at radius 3 is 2.44 bits per heavy atom. The van der Waals surface area contributed by atoms with Gasteiger partial charge in [-0.25, -0.2) is 13.8 Å². The maximum absolute atomic E-state index is 13.0. The van der Waals surface area contributed by atoms with E-state index in [4.69, 9.17) is 16.3 Å². The van der Waals surface area contributed by atoms with E-state index >= 15 is 0 Å². The number of hydrogen-bond acceptors (Lipinski definition) is 2. The number of rotatable bonds is 3. The topological polar surface area (TPSA) is 22.1 Å². The lowest BCUT2D eigenvalue weighted by atomic mass is 10.3. The standard InChI is InChI=1S/C12H7BrClF2NO/c13-8-1-7(5-14)12(17-6-8)18-11-3-9(15)2-10(16)4-11/h1-4,6H,5H2. The highest BCUT2D eigenvalue weighted by atomic mass is 79.9. The maximum Gasteiger partial charge on any atom is 0.223 e. The van der Waals surface area contributed by atoms with Gasteiger partial charge in [-0.1, -0.05) is 0 Å².